The first-order valence-electron chi connectivity index (χ1n) is 6.62. The molecule has 6 nitrogen and oxygen atoms in total. The molecule has 1 aliphatic heterocycles. The van der Waals surface area contributed by atoms with Crippen molar-refractivity contribution in [3.63, 3.8) is 0 Å². The first kappa shape index (κ1) is 14.3. The molecule has 1 saturated heterocycles. The van der Waals surface area contributed by atoms with Gasteiger partial charge in [-0.15, -0.1) is 0 Å². The molecule has 4 N–H and O–H groups in total. The third-order valence-corrected chi connectivity index (χ3v) is 3.66. The summed E-state index contributed by atoms with van der Waals surface area (Å²) in [5.74, 6) is -1.18. The lowest BCUT2D eigenvalue weighted by atomic mass is 9.96. The van der Waals surface area contributed by atoms with E-state index < -0.39 is 5.92 Å². The molecule has 0 spiro atoms. The Balaban J connectivity index is 2.30. The number of aliphatic hydroxyl groups excluding tert-OH is 1. The summed E-state index contributed by atoms with van der Waals surface area (Å²) in [5, 5.41) is 21.2. The molecule has 2 unspecified atom stereocenters. The van der Waals surface area contributed by atoms with Crippen molar-refractivity contribution < 1.29 is 15.1 Å². The fourth-order valence-corrected chi connectivity index (χ4v) is 2.62. The van der Waals surface area contributed by atoms with Crippen LogP contribution in [0, 0.1) is 0 Å². The first-order valence-corrected chi connectivity index (χ1v) is 6.62. The third-order valence-electron chi connectivity index (χ3n) is 3.66. The minimum absolute atomic E-state index is 0.0660. The van der Waals surface area contributed by atoms with Crippen molar-refractivity contribution in [2.45, 2.75) is 24.8 Å². The van der Waals surface area contributed by atoms with Crippen LogP contribution in [0.3, 0.4) is 0 Å². The Morgan fingerprint density at radius 3 is 2.75 bits per heavy atom. The van der Waals surface area contributed by atoms with E-state index in [0.717, 1.165) is 12.8 Å². The van der Waals surface area contributed by atoms with Gasteiger partial charge in [-0.25, -0.2) is 0 Å². The zero-order valence-electron chi connectivity index (χ0n) is 11.1. The summed E-state index contributed by atoms with van der Waals surface area (Å²) in [7, 11) is 0. The van der Waals surface area contributed by atoms with Gasteiger partial charge in [0.15, 0.2) is 5.84 Å². The normalized spacial score (nSPS) is 20.9. The minimum atomic E-state index is -0.812. The number of carbonyl (C=O) groups is 1. The van der Waals surface area contributed by atoms with E-state index in [9.17, 15) is 9.90 Å². The summed E-state index contributed by atoms with van der Waals surface area (Å²) < 4.78 is 0. The topological polar surface area (TPSA) is 99.2 Å². The number of hydrogen-bond acceptors (Lipinski definition) is 4. The van der Waals surface area contributed by atoms with E-state index in [-0.39, 0.29) is 24.4 Å². The van der Waals surface area contributed by atoms with E-state index in [4.69, 9.17) is 10.9 Å². The Kier molecular flexibility index (Phi) is 4.57. The highest BCUT2D eigenvalue weighted by Crippen LogP contribution is 2.25. The monoisotopic (exact) mass is 277 g/mol. The maximum atomic E-state index is 12.7. The van der Waals surface area contributed by atoms with Gasteiger partial charge in [0.1, 0.15) is 5.92 Å². The highest BCUT2D eigenvalue weighted by atomic mass is 16.4. The first-order chi connectivity index (χ1) is 9.69. The van der Waals surface area contributed by atoms with E-state index >= 15 is 0 Å². The lowest BCUT2D eigenvalue weighted by molar-refractivity contribution is -0.132. The number of nitrogens with two attached hydrogens (primary N) is 1. The Bertz CT molecular complexity index is 490. The predicted octanol–water partition coefficient (Wildman–Crippen LogP) is 0.500. The van der Waals surface area contributed by atoms with Crippen LogP contribution in [0.2, 0.25) is 0 Å². The summed E-state index contributed by atoms with van der Waals surface area (Å²) >= 11 is 0. The van der Waals surface area contributed by atoms with Crippen LogP contribution in [0.15, 0.2) is 35.5 Å². The van der Waals surface area contributed by atoms with Gasteiger partial charge in [-0.3, -0.25) is 4.79 Å². The Morgan fingerprint density at radius 1 is 1.45 bits per heavy atom. The molecule has 0 aromatic heterocycles. The average molecular weight is 277 g/mol. The van der Waals surface area contributed by atoms with Crippen LogP contribution < -0.4 is 5.73 Å². The lowest BCUT2D eigenvalue weighted by Gasteiger charge is -2.27. The summed E-state index contributed by atoms with van der Waals surface area (Å²) in [4.78, 5) is 14.3. The largest absolute Gasteiger partial charge is 0.409 e. The maximum Gasteiger partial charge on any atom is 0.238 e. The van der Waals surface area contributed by atoms with Crippen molar-refractivity contribution in [2.75, 3.05) is 13.2 Å². The molecule has 0 saturated carbocycles. The molecule has 1 aliphatic rings. The number of likely N-dealkylation sites (tertiary alicyclic amines) is 1. The fraction of sp³-hybridized carbons (Fsp3) is 0.429. The number of amides is 1. The van der Waals surface area contributed by atoms with E-state index in [0.29, 0.717) is 12.1 Å². The van der Waals surface area contributed by atoms with Crippen molar-refractivity contribution in [3.05, 3.63) is 35.9 Å². The van der Waals surface area contributed by atoms with Crippen LogP contribution in [-0.4, -0.2) is 46.1 Å². The smallest absolute Gasteiger partial charge is 0.238 e. The van der Waals surface area contributed by atoms with Gasteiger partial charge >= 0.3 is 0 Å². The predicted molar refractivity (Wildman–Crippen MR) is 74.4 cm³/mol. The number of amidine groups is 1. The molecular formula is C14H19N3O3. The molecule has 0 aliphatic carbocycles. The number of rotatable bonds is 4. The van der Waals surface area contributed by atoms with Crippen LogP contribution in [-0.2, 0) is 4.79 Å². The second kappa shape index (κ2) is 6.38. The average Bonchev–Trinajstić information content (AvgIpc) is 2.96. The van der Waals surface area contributed by atoms with Gasteiger partial charge < -0.3 is 20.9 Å². The molecule has 6 heteroatoms. The molecule has 20 heavy (non-hydrogen) atoms. The molecule has 2 rings (SSSR count). The Hall–Kier alpha value is -2.08. The molecule has 108 valence electrons. The summed E-state index contributed by atoms with van der Waals surface area (Å²) in [6.07, 6.45) is 1.63. The van der Waals surface area contributed by atoms with Gasteiger partial charge in [0.05, 0.1) is 12.6 Å². The van der Waals surface area contributed by atoms with Gasteiger partial charge in [0, 0.05) is 6.54 Å². The van der Waals surface area contributed by atoms with Crippen molar-refractivity contribution in [3.8, 4) is 0 Å². The van der Waals surface area contributed by atoms with Crippen LogP contribution >= 0.6 is 0 Å². The molecule has 2 atom stereocenters. The second-order valence-corrected chi connectivity index (χ2v) is 4.88. The number of carbonyl (C=O) groups excluding carboxylic acids is 1. The number of hydrogen-bond donors (Lipinski definition) is 3. The third kappa shape index (κ3) is 2.75. The molecule has 1 amide bonds. The molecular weight excluding hydrogens is 258 g/mol. The molecule has 1 fully saturated rings. The highest BCUT2D eigenvalue weighted by Gasteiger charge is 2.35. The molecule has 0 radical (unpaired) electrons. The quantitative estimate of drug-likeness (QED) is 0.323. The minimum Gasteiger partial charge on any atom is -0.409 e. The Morgan fingerprint density at radius 2 is 2.15 bits per heavy atom. The molecule has 0 bridgehead atoms. The van der Waals surface area contributed by atoms with Crippen molar-refractivity contribution in [2.24, 2.45) is 10.9 Å². The van der Waals surface area contributed by atoms with Gasteiger partial charge in [-0.05, 0) is 18.4 Å². The van der Waals surface area contributed by atoms with Gasteiger partial charge in [-0.2, -0.15) is 0 Å². The summed E-state index contributed by atoms with van der Waals surface area (Å²) in [5.41, 5.74) is 6.37. The molecule has 1 aromatic rings. The number of oxime groups is 1. The standard InChI is InChI=1S/C14H19N3O3/c15-13(16-20)12(10-5-2-1-3-6-10)14(19)17-8-4-7-11(17)9-18/h1-3,5-6,11-12,18,20H,4,7-9H2,(H2,15,16). The fourth-order valence-electron chi connectivity index (χ4n) is 2.62. The maximum absolute atomic E-state index is 12.7. The van der Waals surface area contributed by atoms with E-state index in [1.165, 1.54) is 0 Å². The zero-order valence-corrected chi connectivity index (χ0v) is 11.1. The lowest BCUT2D eigenvalue weighted by Crippen LogP contribution is -2.44. The number of aliphatic hydroxyl groups is 1. The van der Waals surface area contributed by atoms with Crippen molar-refractivity contribution in [1.29, 1.82) is 0 Å². The van der Waals surface area contributed by atoms with Crippen LogP contribution in [0.4, 0.5) is 0 Å². The second-order valence-electron chi connectivity index (χ2n) is 4.88. The van der Waals surface area contributed by atoms with Crippen molar-refractivity contribution in [1.82, 2.24) is 4.90 Å². The zero-order chi connectivity index (χ0) is 14.5. The Labute approximate surface area is 117 Å². The molecule has 1 heterocycles. The van der Waals surface area contributed by atoms with E-state index in [1.807, 2.05) is 6.07 Å². The summed E-state index contributed by atoms with van der Waals surface area (Å²) in [6, 6.07) is 8.79. The molecule has 1 aromatic carbocycles. The van der Waals surface area contributed by atoms with Crippen LogP contribution in [0.5, 0.6) is 0 Å². The van der Waals surface area contributed by atoms with Crippen molar-refractivity contribution >= 4 is 11.7 Å². The highest BCUT2D eigenvalue weighted by molar-refractivity contribution is 6.07. The van der Waals surface area contributed by atoms with Crippen LogP contribution in [0.25, 0.3) is 0 Å². The van der Waals surface area contributed by atoms with Gasteiger partial charge in [0.25, 0.3) is 0 Å². The van der Waals surface area contributed by atoms with Gasteiger partial charge in [0.2, 0.25) is 5.91 Å². The van der Waals surface area contributed by atoms with Gasteiger partial charge in [-0.1, -0.05) is 35.5 Å². The van der Waals surface area contributed by atoms with E-state index in [1.54, 1.807) is 29.2 Å². The van der Waals surface area contributed by atoms with Crippen LogP contribution in [0.1, 0.15) is 24.3 Å². The SMILES string of the molecule is NC(=NO)C(C(=O)N1CCCC1CO)c1ccccc1. The number of benzene rings is 1. The number of nitrogens with zero attached hydrogens (tertiary/aromatic N) is 2. The van der Waals surface area contributed by atoms with E-state index in [2.05, 4.69) is 5.16 Å². The summed E-state index contributed by atoms with van der Waals surface area (Å²) in [6.45, 7) is 0.523.